The zero-order valence-electron chi connectivity index (χ0n) is 16.9. The third-order valence-electron chi connectivity index (χ3n) is 4.82. The molecule has 3 rings (SSSR count). The van der Waals surface area contributed by atoms with Crippen LogP contribution in [0.2, 0.25) is 0 Å². The number of amides is 1. The lowest BCUT2D eigenvalue weighted by atomic mass is 10.0. The van der Waals surface area contributed by atoms with Crippen LogP contribution in [0.5, 0.6) is 11.5 Å². The minimum atomic E-state index is -0.222. The second-order valence-electron chi connectivity index (χ2n) is 6.71. The molecule has 1 heterocycles. The summed E-state index contributed by atoms with van der Waals surface area (Å²) in [5.41, 5.74) is 5.68. The van der Waals surface area contributed by atoms with Gasteiger partial charge in [0, 0.05) is 19.2 Å². The number of nitrogens with zero attached hydrogens (tertiary/aromatic N) is 2. The smallest absolute Gasteiger partial charge is 0.272 e. The average Bonchev–Trinajstić information content (AvgIpc) is 3.09. The summed E-state index contributed by atoms with van der Waals surface area (Å²) in [5.74, 6) is 1.06. The van der Waals surface area contributed by atoms with E-state index in [-0.39, 0.29) is 5.91 Å². The van der Waals surface area contributed by atoms with Gasteiger partial charge in [0.2, 0.25) is 0 Å². The van der Waals surface area contributed by atoms with Gasteiger partial charge in [-0.25, -0.2) is 0 Å². The van der Waals surface area contributed by atoms with Crippen LogP contribution < -0.4 is 14.8 Å². The first-order chi connectivity index (χ1) is 13.4. The highest BCUT2D eigenvalue weighted by Crippen LogP contribution is 2.27. The molecule has 2 aromatic carbocycles. The summed E-state index contributed by atoms with van der Waals surface area (Å²) < 4.78 is 12.3. The molecule has 0 saturated heterocycles. The highest BCUT2D eigenvalue weighted by Gasteiger charge is 2.14. The van der Waals surface area contributed by atoms with E-state index in [1.165, 1.54) is 11.1 Å². The maximum atomic E-state index is 12.6. The number of carbonyl (C=O) groups excluding carboxylic acids is 1. The molecule has 0 unspecified atom stereocenters. The zero-order valence-corrected chi connectivity index (χ0v) is 16.9. The summed E-state index contributed by atoms with van der Waals surface area (Å²) in [6.07, 6.45) is 0. The first kappa shape index (κ1) is 19.5. The molecular weight excluding hydrogens is 354 g/mol. The first-order valence-electron chi connectivity index (χ1n) is 9.03. The number of benzene rings is 2. The molecule has 0 bridgehead atoms. The van der Waals surface area contributed by atoms with E-state index in [1.54, 1.807) is 18.9 Å². The van der Waals surface area contributed by atoms with Gasteiger partial charge in [0.1, 0.15) is 0 Å². The Labute approximate surface area is 165 Å². The lowest BCUT2D eigenvalue weighted by Gasteiger charge is -2.10. The maximum Gasteiger partial charge on any atom is 0.272 e. The third kappa shape index (κ3) is 4.01. The van der Waals surface area contributed by atoms with Crippen LogP contribution in [0.25, 0.3) is 11.3 Å². The Morgan fingerprint density at radius 1 is 1.00 bits per heavy atom. The lowest BCUT2D eigenvalue weighted by Crippen LogP contribution is -2.23. The highest BCUT2D eigenvalue weighted by molar-refractivity contribution is 5.93. The van der Waals surface area contributed by atoms with Crippen LogP contribution in [-0.4, -0.2) is 29.9 Å². The molecule has 6 nitrogen and oxygen atoms in total. The van der Waals surface area contributed by atoms with Crippen LogP contribution in [0.15, 0.2) is 42.5 Å². The van der Waals surface area contributed by atoms with Crippen LogP contribution in [0.1, 0.15) is 27.2 Å². The molecule has 3 aromatic rings. The first-order valence-corrected chi connectivity index (χ1v) is 9.03. The fourth-order valence-corrected chi connectivity index (χ4v) is 3.01. The molecule has 0 spiro atoms. The second kappa shape index (κ2) is 8.17. The molecule has 0 aliphatic rings. The van der Waals surface area contributed by atoms with Gasteiger partial charge >= 0.3 is 0 Å². The van der Waals surface area contributed by atoms with E-state index in [1.807, 2.05) is 37.4 Å². The van der Waals surface area contributed by atoms with E-state index < -0.39 is 0 Å². The Morgan fingerprint density at radius 3 is 2.43 bits per heavy atom. The predicted molar refractivity (Wildman–Crippen MR) is 109 cm³/mol. The van der Waals surface area contributed by atoms with Gasteiger partial charge in [0.25, 0.3) is 5.91 Å². The van der Waals surface area contributed by atoms with Crippen molar-refractivity contribution in [2.75, 3.05) is 14.2 Å². The van der Waals surface area contributed by atoms with Crippen molar-refractivity contribution in [3.05, 3.63) is 64.8 Å². The molecule has 0 aliphatic heterocycles. The van der Waals surface area contributed by atoms with Gasteiger partial charge in [-0.1, -0.05) is 18.2 Å². The van der Waals surface area contributed by atoms with Crippen molar-refractivity contribution in [2.24, 2.45) is 7.05 Å². The summed E-state index contributed by atoms with van der Waals surface area (Å²) in [6, 6.07) is 13.6. The summed E-state index contributed by atoms with van der Waals surface area (Å²) in [5, 5.41) is 7.28. The number of nitrogens with one attached hydrogen (secondary N) is 1. The predicted octanol–water partition coefficient (Wildman–Crippen LogP) is 3.65. The number of ether oxygens (including phenoxy) is 2. The number of hydrogen-bond acceptors (Lipinski definition) is 4. The number of methoxy groups -OCH3 is 2. The van der Waals surface area contributed by atoms with Crippen molar-refractivity contribution < 1.29 is 14.3 Å². The molecule has 1 aromatic heterocycles. The van der Waals surface area contributed by atoms with Crippen LogP contribution in [0.3, 0.4) is 0 Å². The molecule has 6 heteroatoms. The maximum absolute atomic E-state index is 12.6. The summed E-state index contributed by atoms with van der Waals surface area (Å²) in [4.78, 5) is 12.6. The fourth-order valence-electron chi connectivity index (χ4n) is 3.01. The Hall–Kier alpha value is -3.28. The van der Waals surface area contributed by atoms with Crippen LogP contribution in [-0.2, 0) is 13.6 Å². The minimum absolute atomic E-state index is 0.222. The SMILES string of the molecule is COc1ccc(CNC(=O)c2cc(-c3ccc(C)c(C)c3)n(C)n2)cc1OC. The summed E-state index contributed by atoms with van der Waals surface area (Å²) >= 11 is 0. The summed E-state index contributed by atoms with van der Waals surface area (Å²) in [6.45, 7) is 4.52. The molecule has 1 amide bonds. The van der Waals surface area contributed by atoms with Gasteiger partial charge in [0.15, 0.2) is 17.2 Å². The van der Waals surface area contributed by atoms with Crippen LogP contribution in [0, 0.1) is 13.8 Å². The Morgan fingerprint density at radius 2 is 1.75 bits per heavy atom. The van der Waals surface area contributed by atoms with Gasteiger partial charge in [-0.05, 0) is 54.8 Å². The van der Waals surface area contributed by atoms with Gasteiger partial charge in [-0.2, -0.15) is 5.10 Å². The molecular formula is C22H25N3O3. The van der Waals surface area contributed by atoms with Crippen molar-refractivity contribution in [1.29, 1.82) is 0 Å². The normalized spacial score (nSPS) is 10.6. The molecule has 1 N–H and O–H groups in total. The van der Waals surface area contributed by atoms with E-state index >= 15 is 0 Å². The lowest BCUT2D eigenvalue weighted by molar-refractivity contribution is 0.0945. The minimum Gasteiger partial charge on any atom is -0.493 e. The highest BCUT2D eigenvalue weighted by atomic mass is 16.5. The molecule has 0 atom stereocenters. The number of aromatic nitrogens is 2. The Balaban J connectivity index is 1.74. The average molecular weight is 379 g/mol. The molecule has 28 heavy (non-hydrogen) atoms. The van der Waals surface area contributed by atoms with Crippen molar-refractivity contribution in [3.8, 4) is 22.8 Å². The zero-order chi connectivity index (χ0) is 20.3. The van der Waals surface area contributed by atoms with E-state index in [0.717, 1.165) is 16.8 Å². The molecule has 0 saturated carbocycles. The van der Waals surface area contributed by atoms with E-state index in [9.17, 15) is 4.79 Å². The van der Waals surface area contributed by atoms with E-state index in [2.05, 4.69) is 36.4 Å². The monoisotopic (exact) mass is 379 g/mol. The van der Waals surface area contributed by atoms with E-state index in [4.69, 9.17) is 9.47 Å². The number of hydrogen-bond donors (Lipinski definition) is 1. The molecule has 0 fully saturated rings. The number of carbonyl (C=O) groups is 1. The van der Waals surface area contributed by atoms with Gasteiger partial charge in [0.05, 0.1) is 19.9 Å². The molecule has 0 radical (unpaired) electrons. The second-order valence-corrected chi connectivity index (χ2v) is 6.71. The van der Waals surface area contributed by atoms with Crippen LogP contribution >= 0.6 is 0 Å². The Kier molecular flexibility index (Phi) is 5.68. The topological polar surface area (TPSA) is 65.4 Å². The Bertz CT molecular complexity index is 1010. The number of aryl methyl sites for hydroxylation is 3. The quantitative estimate of drug-likeness (QED) is 0.710. The van der Waals surface area contributed by atoms with E-state index in [0.29, 0.717) is 23.7 Å². The van der Waals surface area contributed by atoms with Crippen LogP contribution in [0.4, 0.5) is 0 Å². The fraction of sp³-hybridized carbons (Fsp3) is 0.273. The summed E-state index contributed by atoms with van der Waals surface area (Å²) in [7, 11) is 5.02. The van der Waals surface area contributed by atoms with Gasteiger partial charge in [-0.3, -0.25) is 9.48 Å². The van der Waals surface area contributed by atoms with Crippen molar-refractivity contribution in [2.45, 2.75) is 20.4 Å². The largest absolute Gasteiger partial charge is 0.493 e. The number of rotatable bonds is 6. The van der Waals surface area contributed by atoms with Crippen molar-refractivity contribution >= 4 is 5.91 Å². The molecule has 146 valence electrons. The van der Waals surface area contributed by atoms with Crippen molar-refractivity contribution in [3.63, 3.8) is 0 Å². The van der Waals surface area contributed by atoms with Gasteiger partial charge < -0.3 is 14.8 Å². The van der Waals surface area contributed by atoms with Gasteiger partial charge in [-0.15, -0.1) is 0 Å². The standard InChI is InChI=1S/C22H25N3O3/c1-14-6-8-17(10-15(14)2)19-12-18(24-25(19)3)22(26)23-13-16-7-9-20(27-4)21(11-16)28-5/h6-12H,13H2,1-5H3,(H,23,26). The molecule has 0 aliphatic carbocycles. The third-order valence-corrected chi connectivity index (χ3v) is 4.82. The van der Waals surface area contributed by atoms with Crippen molar-refractivity contribution in [1.82, 2.24) is 15.1 Å².